The van der Waals surface area contributed by atoms with Crippen LogP contribution in [0.2, 0.25) is 0 Å². The van der Waals surface area contributed by atoms with Crippen molar-refractivity contribution in [3.8, 4) is 11.1 Å². The highest BCUT2D eigenvalue weighted by atomic mass is 32.1. The number of esters is 1. The van der Waals surface area contributed by atoms with Crippen LogP contribution in [0.3, 0.4) is 0 Å². The highest BCUT2D eigenvalue weighted by molar-refractivity contribution is 7.19. The molecule has 1 aromatic carbocycles. The molecule has 3 aromatic rings. The summed E-state index contributed by atoms with van der Waals surface area (Å²) in [6, 6.07) is 9.75. The molecule has 0 saturated heterocycles. The molecule has 0 saturated carbocycles. The van der Waals surface area contributed by atoms with Crippen molar-refractivity contribution < 1.29 is 9.53 Å². The highest BCUT2D eigenvalue weighted by Gasteiger charge is 2.17. The number of carbonyl (C=O) groups excluding carboxylic acids is 1. The van der Waals surface area contributed by atoms with E-state index in [0.29, 0.717) is 10.2 Å². The molecule has 5 nitrogen and oxygen atoms in total. The van der Waals surface area contributed by atoms with Crippen molar-refractivity contribution in [1.82, 2.24) is 9.55 Å². The van der Waals surface area contributed by atoms with Crippen LogP contribution in [-0.2, 0) is 16.1 Å². The lowest BCUT2D eigenvalue weighted by Gasteiger charge is -2.06. The number of thiophene rings is 1. The van der Waals surface area contributed by atoms with Crippen molar-refractivity contribution >= 4 is 27.5 Å². The van der Waals surface area contributed by atoms with E-state index in [0.717, 1.165) is 16.0 Å². The Morgan fingerprint density at radius 3 is 2.74 bits per heavy atom. The van der Waals surface area contributed by atoms with E-state index in [1.807, 2.05) is 37.3 Å². The van der Waals surface area contributed by atoms with Crippen LogP contribution >= 0.6 is 11.3 Å². The van der Waals surface area contributed by atoms with Crippen LogP contribution in [0.25, 0.3) is 21.3 Å². The first kappa shape index (κ1) is 15.4. The lowest BCUT2D eigenvalue weighted by molar-refractivity contribution is -0.143. The number of ether oxygens (including phenoxy) is 1. The summed E-state index contributed by atoms with van der Waals surface area (Å²) >= 11 is 1.48. The number of fused-ring (bicyclic) bond motifs is 1. The summed E-state index contributed by atoms with van der Waals surface area (Å²) in [6.45, 7) is 3.87. The van der Waals surface area contributed by atoms with Crippen LogP contribution in [0.4, 0.5) is 0 Å². The van der Waals surface area contributed by atoms with Gasteiger partial charge in [-0.05, 0) is 19.4 Å². The molecule has 0 unspecified atom stereocenters. The van der Waals surface area contributed by atoms with Gasteiger partial charge in [0.2, 0.25) is 0 Å². The molecule has 0 aliphatic heterocycles. The highest BCUT2D eigenvalue weighted by Crippen LogP contribution is 2.35. The Hall–Kier alpha value is -2.47. The van der Waals surface area contributed by atoms with Crippen LogP contribution in [0.5, 0.6) is 0 Å². The molecule has 0 aliphatic carbocycles. The van der Waals surface area contributed by atoms with E-state index >= 15 is 0 Å². The average molecular weight is 328 g/mol. The standard InChI is InChI=1S/C17H16N2O3S/c1-3-22-13(20)9-19-10-18-16-15(17(19)21)14(11(2)23-16)12-7-5-4-6-8-12/h4-8,10H,3,9H2,1-2H3. The molecule has 0 radical (unpaired) electrons. The van der Waals surface area contributed by atoms with Gasteiger partial charge in [-0.2, -0.15) is 0 Å². The van der Waals surface area contributed by atoms with Crippen LogP contribution in [0, 0.1) is 6.92 Å². The third kappa shape index (κ3) is 2.90. The molecular weight excluding hydrogens is 312 g/mol. The van der Waals surface area contributed by atoms with Crippen molar-refractivity contribution in [2.75, 3.05) is 6.61 Å². The zero-order valence-electron chi connectivity index (χ0n) is 12.9. The van der Waals surface area contributed by atoms with Crippen molar-refractivity contribution in [3.05, 3.63) is 51.9 Å². The summed E-state index contributed by atoms with van der Waals surface area (Å²) in [6.07, 6.45) is 1.41. The predicted octanol–water partition coefficient (Wildman–Crippen LogP) is 3.00. The summed E-state index contributed by atoms with van der Waals surface area (Å²) in [5.41, 5.74) is 1.65. The van der Waals surface area contributed by atoms with E-state index in [4.69, 9.17) is 4.74 Å². The number of hydrogen-bond donors (Lipinski definition) is 0. The Kier molecular flexibility index (Phi) is 4.25. The first-order valence-electron chi connectivity index (χ1n) is 7.31. The number of hydrogen-bond acceptors (Lipinski definition) is 5. The van der Waals surface area contributed by atoms with Crippen molar-refractivity contribution in [2.45, 2.75) is 20.4 Å². The van der Waals surface area contributed by atoms with Gasteiger partial charge in [0, 0.05) is 10.4 Å². The molecule has 0 spiro atoms. The minimum Gasteiger partial charge on any atom is -0.465 e. The smallest absolute Gasteiger partial charge is 0.326 e. The number of carbonyl (C=O) groups is 1. The van der Waals surface area contributed by atoms with E-state index in [1.54, 1.807) is 6.92 Å². The SMILES string of the molecule is CCOC(=O)Cn1cnc2sc(C)c(-c3ccccc3)c2c1=O. The third-order valence-electron chi connectivity index (χ3n) is 3.52. The van der Waals surface area contributed by atoms with Gasteiger partial charge < -0.3 is 4.74 Å². The zero-order chi connectivity index (χ0) is 16.4. The second kappa shape index (κ2) is 6.34. The fraction of sp³-hybridized carbons (Fsp3) is 0.235. The fourth-order valence-electron chi connectivity index (χ4n) is 2.55. The molecule has 0 bridgehead atoms. The van der Waals surface area contributed by atoms with Crippen molar-refractivity contribution in [2.24, 2.45) is 0 Å². The quantitative estimate of drug-likeness (QED) is 0.691. The molecule has 23 heavy (non-hydrogen) atoms. The number of benzene rings is 1. The maximum absolute atomic E-state index is 12.8. The third-order valence-corrected chi connectivity index (χ3v) is 4.54. The number of rotatable bonds is 4. The number of aryl methyl sites for hydroxylation is 1. The maximum Gasteiger partial charge on any atom is 0.326 e. The summed E-state index contributed by atoms with van der Waals surface area (Å²) < 4.78 is 6.21. The van der Waals surface area contributed by atoms with Gasteiger partial charge in [-0.15, -0.1) is 11.3 Å². The van der Waals surface area contributed by atoms with Crippen LogP contribution in [-0.4, -0.2) is 22.1 Å². The second-order valence-electron chi connectivity index (χ2n) is 5.06. The number of nitrogens with zero attached hydrogens (tertiary/aromatic N) is 2. The van der Waals surface area contributed by atoms with Crippen LogP contribution < -0.4 is 5.56 Å². The molecule has 0 amide bonds. The Balaban J connectivity index is 2.17. The second-order valence-corrected chi connectivity index (χ2v) is 6.27. The summed E-state index contributed by atoms with van der Waals surface area (Å²) in [7, 11) is 0. The molecule has 3 rings (SSSR count). The summed E-state index contributed by atoms with van der Waals surface area (Å²) in [5.74, 6) is -0.441. The van der Waals surface area contributed by atoms with E-state index < -0.39 is 5.97 Å². The molecule has 0 aliphatic rings. The van der Waals surface area contributed by atoms with Gasteiger partial charge in [-0.3, -0.25) is 14.2 Å². The fourth-order valence-corrected chi connectivity index (χ4v) is 3.55. The van der Waals surface area contributed by atoms with E-state index in [9.17, 15) is 9.59 Å². The molecule has 0 fully saturated rings. The van der Waals surface area contributed by atoms with E-state index in [-0.39, 0.29) is 18.7 Å². The van der Waals surface area contributed by atoms with Gasteiger partial charge in [-0.25, -0.2) is 4.98 Å². The molecule has 118 valence electrons. The largest absolute Gasteiger partial charge is 0.465 e. The minimum atomic E-state index is -0.441. The van der Waals surface area contributed by atoms with Crippen LogP contribution in [0.1, 0.15) is 11.8 Å². The van der Waals surface area contributed by atoms with Gasteiger partial charge in [-0.1, -0.05) is 30.3 Å². The summed E-state index contributed by atoms with van der Waals surface area (Å²) in [5, 5.41) is 0.561. The lowest BCUT2D eigenvalue weighted by atomic mass is 10.0. The Morgan fingerprint density at radius 2 is 2.04 bits per heavy atom. The molecule has 2 aromatic heterocycles. The molecule has 6 heteroatoms. The monoisotopic (exact) mass is 328 g/mol. The predicted molar refractivity (Wildman–Crippen MR) is 90.7 cm³/mol. The van der Waals surface area contributed by atoms with Crippen molar-refractivity contribution in [1.29, 1.82) is 0 Å². The van der Waals surface area contributed by atoms with Gasteiger partial charge in [0.15, 0.2) is 0 Å². The van der Waals surface area contributed by atoms with Gasteiger partial charge >= 0.3 is 5.97 Å². The first-order valence-corrected chi connectivity index (χ1v) is 8.13. The Bertz CT molecular complexity index is 913. The molecule has 2 heterocycles. The number of aromatic nitrogens is 2. The Morgan fingerprint density at radius 1 is 1.30 bits per heavy atom. The maximum atomic E-state index is 12.8. The lowest BCUT2D eigenvalue weighted by Crippen LogP contribution is -2.25. The summed E-state index contributed by atoms with van der Waals surface area (Å²) in [4.78, 5) is 30.5. The normalized spacial score (nSPS) is 10.9. The molecule has 0 N–H and O–H groups in total. The van der Waals surface area contributed by atoms with Crippen LogP contribution in [0.15, 0.2) is 41.5 Å². The molecule has 0 atom stereocenters. The Labute approximate surface area is 137 Å². The van der Waals surface area contributed by atoms with E-state index in [1.165, 1.54) is 22.2 Å². The average Bonchev–Trinajstić information content (AvgIpc) is 2.88. The topological polar surface area (TPSA) is 61.2 Å². The minimum absolute atomic E-state index is 0.126. The van der Waals surface area contributed by atoms with Gasteiger partial charge in [0.25, 0.3) is 5.56 Å². The van der Waals surface area contributed by atoms with E-state index in [2.05, 4.69) is 4.98 Å². The van der Waals surface area contributed by atoms with Crippen molar-refractivity contribution in [3.63, 3.8) is 0 Å². The molecular formula is C17H16N2O3S. The van der Waals surface area contributed by atoms with Gasteiger partial charge in [0.05, 0.1) is 18.3 Å². The first-order chi connectivity index (χ1) is 11.1. The van der Waals surface area contributed by atoms with Gasteiger partial charge in [0.1, 0.15) is 11.4 Å². The zero-order valence-corrected chi connectivity index (χ0v) is 13.7.